The molecule has 0 spiro atoms. The molecule has 3 aromatic rings. The summed E-state index contributed by atoms with van der Waals surface area (Å²) in [5, 5.41) is 2.78. The maximum Gasteiger partial charge on any atom is 0.224 e. The summed E-state index contributed by atoms with van der Waals surface area (Å²) in [6.45, 7) is 0.180. The molecule has 3 rings (SSSR count). The predicted molar refractivity (Wildman–Crippen MR) is 93.5 cm³/mol. The summed E-state index contributed by atoms with van der Waals surface area (Å²) in [6, 6.07) is 7.02. The van der Waals surface area contributed by atoms with E-state index >= 15 is 0 Å². The number of amides is 1. The van der Waals surface area contributed by atoms with Gasteiger partial charge in [-0.3, -0.25) is 4.79 Å². The van der Waals surface area contributed by atoms with Crippen LogP contribution in [0.1, 0.15) is 11.5 Å². The van der Waals surface area contributed by atoms with Crippen molar-refractivity contribution in [2.24, 2.45) is 0 Å². The summed E-state index contributed by atoms with van der Waals surface area (Å²) in [5.41, 5.74) is 1.83. The molecule has 0 saturated heterocycles. The van der Waals surface area contributed by atoms with Crippen LogP contribution in [0.3, 0.4) is 0 Å². The van der Waals surface area contributed by atoms with Gasteiger partial charge in [0.1, 0.15) is 0 Å². The van der Waals surface area contributed by atoms with Crippen LogP contribution in [0.25, 0.3) is 11.2 Å². The van der Waals surface area contributed by atoms with Crippen molar-refractivity contribution in [3.63, 3.8) is 0 Å². The standard InChI is InChI=1S/C18H19N3O5/c1-23-13-7-11(8-14(24-2)17(13)25-3)9-15(22)20-10-16-21-18-12(26-16)5-4-6-19-18/h4-8H,9-10H2,1-3H3,(H,20,22). The number of pyridine rings is 1. The van der Waals surface area contributed by atoms with E-state index in [4.69, 9.17) is 18.6 Å². The molecule has 0 radical (unpaired) electrons. The highest BCUT2D eigenvalue weighted by Crippen LogP contribution is 2.38. The molecule has 2 heterocycles. The third-order valence-corrected chi connectivity index (χ3v) is 3.74. The smallest absolute Gasteiger partial charge is 0.224 e. The topological polar surface area (TPSA) is 95.7 Å². The number of nitrogens with one attached hydrogen (secondary N) is 1. The molecule has 0 aliphatic heterocycles. The Labute approximate surface area is 150 Å². The van der Waals surface area contributed by atoms with Crippen LogP contribution in [0.15, 0.2) is 34.9 Å². The second-order valence-corrected chi connectivity index (χ2v) is 5.42. The number of hydrogen-bond acceptors (Lipinski definition) is 7. The maximum absolute atomic E-state index is 12.2. The number of methoxy groups -OCH3 is 3. The van der Waals surface area contributed by atoms with Crippen molar-refractivity contribution in [1.82, 2.24) is 15.3 Å². The molecule has 136 valence electrons. The average Bonchev–Trinajstić information content (AvgIpc) is 3.08. The minimum atomic E-state index is -0.186. The Hall–Kier alpha value is -3.29. The number of fused-ring (bicyclic) bond motifs is 1. The predicted octanol–water partition coefficient (Wildman–Crippen LogP) is 2.11. The number of benzene rings is 1. The van der Waals surface area contributed by atoms with Gasteiger partial charge in [0.25, 0.3) is 0 Å². The number of oxazole rings is 1. The molecule has 0 fully saturated rings. The van der Waals surface area contributed by atoms with E-state index in [9.17, 15) is 4.79 Å². The normalized spacial score (nSPS) is 10.6. The van der Waals surface area contributed by atoms with Gasteiger partial charge in [-0.25, -0.2) is 4.98 Å². The molecule has 0 unspecified atom stereocenters. The number of nitrogens with zero attached hydrogens (tertiary/aromatic N) is 2. The van der Waals surface area contributed by atoms with Crippen LogP contribution in [0.5, 0.6) is 17.2 Å². The van der Waals surface area contributed by atoms with Gasteiger partial charge in [-0.05, 0) is 29.8 Å². The molecule has 0 saturated carbocycles. The minimum absolute atomic E-state index is 0.148. The van der Waals surface area contributed by atoms with E-state index < -0.39 is 0 Å². The fraction of sp³-hybridized carbons (Fsp3) is 0.278. The number of carbonyl (C=O) groups is 1. The first-order valence-corrected chi connectivity index (χ1v) is 7.90. The third kappa shape index (κ3) is 3.69. The van der Waals surface area contributed by atoms with Crippen LogP contribution >= 0.6 is 0 Å². The molecule has 0 atom stereocenters. The summed E-state index contributed by atoms with van der Waals surface area (Å²) in [7, 11) is 4.59. The van der Waals surface area contributed by atoms with Gasteiger partial charge in [0.05, 0.1) is 34.3 Å². The number of carbonyl (C=O) groups excluding carboxylic acids is 1. The van der Waals surface area contributed by atoms with E-state index in [-0.39, 0.29) is 18.9 Å². The number of aromatic nitrogens is 2. The van der Waals surface area contributed by atoms with E-state index in [1.54, 1.807) is 30.5 Å². The highest BCUT2D eigenvalue weighted by Gasteiger charge is 2.15. The lowest BCUT2D eigenvalue weighted by atomic mass is 10.1. The third-order valence-electron chi connectivity index (χ3n) is 3.74. The highest BCUT2D eigenvalue weighted by molar-refractivity contribution is 5.79. The van der Waals surface area contributed by atoms with Gasteiger partial charge in [0.2, 0.25) is 17.5 Å². The Balaban J connectivity index is 1.67. The monoisotopic (exact) mass is 357 g/mol. The van der Waals surface area contributed by atoms with Crippen LogP contribution in [0.2, 0.25) is 0 Å². The zero-order chi connectivity index (χ0) is 18.5. The lowest BCUT2D eigenvalue weighted by Gasteiger charge is -2.14. The number of hydrogen-bond donors (Lipinski definition) is 1. The first-order chi connectivity index (χ1) is 12.6. The zero-order valence-corrected chi connectivity index (χ0v) is 14.7. The number of rotatable bonds is 7. The van der Waals surface area contributed by atoms with Crippen molar-refractivity contribution >= 4 is 17.1 Å². The Kier molecular flexibility index (Phi) is 5.21. The maximum atomic E-state index is 12.2. The summed E-state index contributed by atoms with van der Waals surface area (Å²) >= 11 is 0. The van der Waals surface area contributed by atoms with Crippen molar-refractivity contribution in [2.75, 3.05) is 21.3 Å². The van der Waals surface area contributed by atoms with Crippen LogP contribution in [0.4, 0.5) is 0 Å². The van der Waals surface area contributed by atoms with E-state index in [1.165, 1.54) is 21.3 Å². The van der Waals surface area contributed by atoms with E-state index in [2.05, 4.69) is 15.3 Å². The summed E-state index contributed by atoms with van der Waals surface area (Å²) in [4.78, 5) is 20.6. The van der Waals surface area contributed by atoms with Gasteiger partial charge in [0, 0.05) is 6.20 Å². The second kappa shape index (κ2) is 7.73. The van der Waals surface area contributed by atoms with Gasteiger partial charge in [0.15, 0.2) is 22.7 Å². The average molecular weight is 357 g/mol. The Bertz CT molecular complexity index is 864. The van der Waals surface area contributed by atoms with Gasteiger partial charge < -0.3 is 23.9 Å². The van der Waals surface area contributed by atoms with Gasteiger partial charge in [-0.2, -0.15) is 4.98 Å². The van der Waals surface area contributed by atoms with Crippen LogP contribution < -0.4 is 19.5 Å². The van der Waals surface area contributed by atoms with Crippen molar-refractivity contribution in [2.45, 2.75) is 13.0 Å². The molecule has 8 heteroatoms. The molecule has 0 aliphatic rings. The Morgan fingerprint density at radius 2 is 1.88 bits per heavy atom. The molecular weight excluding hydrogens is 338 g/mol. The molecule has 8 nitrogen and oxygen atoms in total. The molecule has 2 aromatic heterocycles. The van der Waals surface area contributed by atoms with Gasteiger partial charge in [-0.1, -0.05) is 0 Å². The minimum Gasteiger partial charge on any atom is -0.493 e. The van der Waals surface area contributed by atoms with Crippen molar-refractivity contribution < 1.29 is 23.4 Å². The fourth-order valence-corrected chi connectivity index (χ4v) is 2.55. The van der Waals surface area contributed by atoms with Gasteiger partial charge in [-0.15, -0.1) is 0 Å². The number of ether oxygens (including phenoxy) is 3. The molecular formula is C18H19N3O5. The summed E-state index contributed by atoms with van der Waals surface area (Å²) in [6.07, 6.45) is 1.78. The van der Waals surface area contributed by atoms with E-state index in [1.807, 2.05) is 0 Å². The molecule has 1 aromatic carbocycles. The molecule has 0 bridgehead atoms. The molecule has 26 heavy (non-hydrogen) atoms. The second-order valence-electron chi connectivity index (χ2n) is 5.42. The van der Waals surface area contributed by atoms with E-state index in [0.29, 0.717) is 34.4 Å². The summed E-state index contributed by atoms with van der Waals surface area (Å²) in [5.74, 6) is 1.70. The molecule has 0 aliphatic carbocycles. The van der Waals surface area contributed by atoms with Crippen molar-refractivity contribution in [3.8, 4) is 17.2 Å². The van der Waals surface area contributed by atoms with Crippen LogP contribution in [-0.2, 0) is 17.8 Å². The zero-order valence-electron chi connectivity index (χ0n) is 14.7. The van der Waals surface area contributed by atoms with Crippen molar-refractivity contribution in [3.05, 3.63) is 41.9 Å². The summed E-state index contributed by atoms with van der Waals surface area (Å²) < 4.78 is 21.4. The lowest BCUT2D eigenvalue weighted by Crippen LogP contribution is -2.24. The Morgan fingerprint density at radius 1 is 1.15 bits per heavy atom. The fourth-order valence-electron chi connectivity index (χ4n) is 2.55. The first kappa shape index (κ1) is 17.5. The van der Waals surface area contributed by atoms with Gasteiger partial charge >= 0.3 is 0 Å². The van der Waals surface area contributed by atoms with Crippen molar-refractivity contribution in [1.29, 1.82) is 0 Å². The van der Waals surface area contributed by atoms with E-state index in [0.717, 1.165) is 5.56 Å². The van der Waals surface area contributed by atoms with Crippen LogP contribution in [0, 0.1) is 0 Å². The van der Waals surface area contributed by atoms with Crippen LogP contribution in [-0.4, -0.2) is 37.2 Å². The largest absolute Gasteiger partial charge is 0.493 e. The highest BCUT2D eigenvalue weighted by atomic mass is 16.5. The Morgan fingerprint density at radius 3 is 2.50 bits per heavy atom. The first-order valence-electron chi connectivity index (χ1n) is 7.90. The quantitative estimate of drug-likeness (QED) is 0.692. The molecule has 1 N–H and O–H groups in total. The molecule has 1 amide bonds. The lowest BCUT2D eigenvalue weighted by molar-refractivity contribution is -0.120. The SMILES string of the molecule is COc1cc(CC(=O)NCc2nc3ncccc3o2)cc(OC)c1OC.